The van der Waals surface area contributed by atoms with Gasteiger partial charge in [0.05, 0.1) is 6.26 Å². The lowest BCUT2D eigenvalue weighted by Gasteiger charge is -2.29. The highest BCUT2D eigenvalue weighted by molar-refractivity contribution is 7.88. The first kappa shape index (κ1) is 21.4. The lowest BCUT2D eigenvalue weighted by Crippen LogP contribution is -2.53. The standard InChI is InChI=1S/C17H29FN4O2S/c1-16(2,13-8-7-9-14(18)10-13)11-20-15(19-5)21-12-17(3,4)22-25(6,23)24/h7-10,22H,11-12H2,1-6H3,(H2,19,20,21). The van der Waals surface area contributed by atoms with E-state index in [2.05, 4.69) is 20.3 Å². The van der Waals surface area contributed by atoms with Crippen LogP contribution in [0.4, 0.5) is 4.39 Å². The number of rotatable bonds is 7. The molecule has 0 saturated carbocycles. The Balaban J connectivity index is 2.65. The third kappa shape index (κ3) is 7.83. The van der Waals surface area contributed by atoms with E-state index in [-0.39, 0.29) is 11.2 Å². The molecule has 1 aromatic rings. The number of guanidine groups is 1. The summed E-state index contributed by atoms with van der Waals surface area (Å²) in [6.45, 7) is 8.49. The fourth-order valence-corrected chi connectivity index (χ4v) is 3.46. The van der Waals surface area contributed by atoms with E-state index >= 15 is 0 Å². The normalized spacial score (nSPS) is 13.6. The van der Waals surface area contributed by atoms with Gasteiger partial charge in [0.15, 0.2) is 5.96 Å². The summed E-state index contributed by atoms with van der Waals surface area (Å²) in [5, 5.41) is 6.31. The first-order valence-corrected chi connectivity index (χ1v) is 9.93. The van der Waals surface area contributed by atoms with Gasteiger partial charge in [-0.25, -0.2) is 17.5 Å². The average molecular weight is 373 g/mol. The van der Waals surface area contributed by atoms with Crippen molar-refractivity contribution in [2.45, 2.75) is 38.6 Å². The Morgan fingerprint density at radius 3 is 2.28 bits per heavy atom. The van der Waals surface area contributed by atoms with Crippen LogP contribution in [0.3, 0.4) is 0 Å². The Morgan fingerprint density at radius 1 is 1.16 bits per heavy atom. The van der Waals surface area contributed by atoms with Crippen LogP contribution < -0.4 is 15.4 Å². The molecule has 0 amide bonds. The van der Waals surface area contributed by atoms with Crippen LogP contribution in [0.15, 0.2) is 29.3 Å². The fourth-order valence-electron chi connectivity index (χ4n) is 2.38. The minimum absolute atomic E-state index is 0.262. The van der Waals surface area contributed by atoms with E-state index in [4.69, 9.17) is 0 Å². The molecule has 6 nitrogen and oxygen atoms in total. The summed E-state index contributed by atoms with van der Waals surface area (Å²) in [4.78, 5) is 4.15. The van der Waals surface area contributed by atoms with Crippen molar-refractivity contribution in [3.8, 4) is 0 Å². The van der Waals surface area contributed by atoms with Crippen molar-refractivity contribution in [1.82, 2.24) is 15.4 Å². The number of aliphatic imine (C=N–C) groups is 1. The van der Waals surface area contributed by atoms with E-state index in [1.807, 2.05) is 19.9 Å². The number of hydrogen-bond acceptors (Lipinski definition) is 3. The van der Waals surface area contributed by atoms with E-state index in [0.29, 0.717) is 19.0 Å². The molecule has 0 aliphatic rings. The highest BCUT2D eigenvalue weighted by Gasteiger charge is 2.24. The topological polar surface area (TPSA) is 82.6 Å². The Hall–Kier alpha value is -1.67. The molecule has 25 heavy (non-hydrogen) atoms. The molecular weight excluding hydrogens is 343 g/mol. The van der Waals surface area contributed by atoms with Crippen LogP contribution in [0, 0.1) is 5.82 Å². The van der Waals surface area contributed by atoms with Gasteiger partial charge in [0.25, 0.3) is 0 Å². The summed E-state index contributed by atoms with van der Waals surface area (Å²) in [7, 11) is -1.66. The first-order chi connectivity index (χ1) is 11.3. The summed E-state index contributed by atoms with van der Waals surface area (Å²) < 4.78 is 38.8. The molecular formula is C17H29FN4O2S. The van der Waals surface area contributed by atoms with Crippen molar-refractivity contribution < 1.29 is 12.8 Å². The second-order valence-electron chi connectivity index (χ2n) is 7.43. The Morgan fingerprint density at radius 2 is 1.76 bits per heavy atom. The summed E-state index contributed by atoms with van der Waals surface area (Å²) in [5.41, 5.74) is -0.0849. The smallest absolute Gasteiger partial charge is 0.209 e. The molecule has 3 N–H and O–H groups in total. The number of hydrogen-bond donors (Lipinski definition) is 3. The van der Waals surface area contributed by atoms with Crippen LogP contribution in [0.25, 0.3) is 0 Å². The van der Waals surface area contributed by atoms with E-state index in [1.165, 1.54) is 12.1 Å². The molecule has 0 heterocycles. The summed E-state index contributed by atoms with van der Waals surface area (Å²) in [5.74, 6) is 0.287. The maximum absolute atomic E-state index is 13.4. The van der Waals surface area contributed by atoms with Gasteiger partial charge in [0.1, 0.15) is 5.82 Å². The molecule has 0 atom stereocenters. The highest BCUT2D eigenvalue weighted by atomic mass is 32.2. The van der Waals surface area contributed by atoms with Gasteiger partial charge in [-0.05, 0) is 31.5 Å². The lowest BCUT2D eigenvalue weighted by atomic mass is 9.84. The zero-order valence-electron chi connectivity index (χ0n) is 15.8. The second-order valence-corrected chi connectivity index (χ2v) is 9.18. The van der Waals surface area contributed by atoms with Crippen LogP contribution in [0.5, 0.6) is 0 Å². The largest absolute Gasteiger partial charge is 0.356 e. The Labute approximate surface area is 150 Å². The summed E-state index contributed by atoms with van der Waals surface area (Å²) in [6, 6.07) is 6.53. The van der Waals surface area contributed by atoms with Gasteiger partial charge in [-0.15, -0.1) is 0 Å². The molecule has 1 aromatic carbocycles. The maximum atomic E-state index is 13.4. The van der Waals surface area contributed by atoms with Gasteiger partial charge in [-0.1, -0.05) is 26.0 Å². The summed E-state index contributed by atoms with van der Waals surface area (Å²) in [6.07, 6.45) is 1.13. The number of benzene rings is 1. The number of halogens is 1. The highest BCUT2D eigenvalue weighted by Crippen LogP contribution is 2.22. The van der Waals surface area contributed by atoms with Crippen LogP contribution in [-0.2, 0) is 15.4 Å². The van der Waals surface area contributed by atoms with Crippen LogP contribution in [0.1, 0.15) is 33.3 Å². The maximum Gasteiger partial charge on any atom is 0.209 e. The quantitative estimate of drug-likeness (QED) is 0.501. The van der Waals surface area contributed by atoms with E-state index in [0.717, 1.165) is 11.8 Å². The molecule has 142 valence electrons. The Kier molecular flexibility index (Phi) is 6.96. The molecule has 0 fully saturated rings. The molecule has 0 aliphatic carbocycles. The molecule has 0 saturated heterocycles. The third-order valence-electron chi connectivity index (χ3n) is 3.69. The van der Waals surface area contributed by atoms with Crippen LogP contribution in [-0.4, -0.2) is 46.3 Å². The molecule has 0 unspecified atom stereocenters. The Bertz CT molecular complexity index is 715. The van der Waals surface area contributed by atoms with E-state index in [9.17, 15) is 12.8 Å². The van der Waals surface area contributed by atoms with Crippen molar-refractivity contribution in [3.63, 3.8) is 0 Å². The molecule has 0 aromatic heterocycles. The molecule has 0 aliphatic heterocycles. The predicted octanol–water partition coefficient (Wildman–Crippen LogP) is 1.60. The van der Waals surface area contributed by atoms with Crippen molar-refractivity contribution in [2.75, 3.05) is 26.4 Å². The lowest BCUT2D eigenvalue weighted by molar-refractivity contribution is 0.443. The van der Waals surface area contributed by atoms with Crippen molar-refractivity contribution in [3.05, 3.63) is 35.6 Å². The average Bonchev–Trinajstić information content (AvgIpc) is 2.45. The van der Waals surface area contributed by atoms with Gasteiger partial charge in [0.2, 0.25) is 10.0 Å². The minimum atomic E-state index is -3.30. The van der Waals surface area contributed by atoms with Crippen molar-refractivity contribution in [1.29, 1.82) is 0 Å². The molecule has 8 heteroatoms. The van der Waals surface area contributed by atoms with Crippen molar-refractivity contribution >= 4 is 16.0 Å². The molecule has 0 radical (unpaired) electrons. The molecule has 0 spiro atoms. The fraction of sp³-hybridized carbons (Fsp3) is 0.588. The summed E-state index contributed by atoms with van der Waals surface area (Å²) >= 11 is 0. The SMILES string of the molecule is CN=C(NCC(C)(C)NS(C)(=O)=O)NCC(C)(C)c1cccc(F)c1. The zero-order valence-corrected chi connectivity index (χ0v) is 16.6. The predicted molar refractivity (Wildman–Crippen MR) is 101 cm³/mol. The van der Waals surface area contributed by atoms with Gasteiger partial charge >= 0.3 is 0 Å². The van der Waals surface area contributed by atoms with Crippen molar-refractivity contribution in [2.24, 2.45) is 4.99 Å². The van der Waals surface area contributed by atoms with Gasteiger partial charge in [-0.3, -0.25) is 4.99 Å². The van der Waals surface area contributed by atoms with Gasteiger partial charge in [0, 0.05) is 31.1 Å². The number of sulfonamides is 1. The number of nitrogens with one attached hydrogen (secondary N) is 3. The molecule has 0 bridgehead atoms. The van der Waals surface area contributed by atoms with Crippen LogP contribution >= 0.6 is 0 Å². The first-order valence-electron chi connectivity index (χ1n) is 8.04. The van der Waals surface area contributed by atoms with E-state index in [1.54, 1.807) is 27.0 Å². The number of nitrogens with zero attached hydrogens (tertiary/aromatic N) is 1. The zero-order chi connectivity index (χ0) is 19.3. The second kappa shape index (κ2) is 8.14. The third-order valence-corrected chi connectivity index (χ3v) is 4.61. The van der Waals surface area contributed by atoms with Gasteiger partial charge < -0.3 is 10.6 Å². The van der Waals surface area contributed by atoms with E-state index < -0.39 is 15.6 Å². The van der Waals surface area contributed by atoms with Crippen LogP contribution in [0.2, 0.25) is 0 Å². The minimum Gasteiger partial charge on any atom is -0.356 e. The molecule has 1 rings (SSSR count). The van der Waals surface area contributed by atoms with Gasteiger partial charge in [-0.2, -0.15) is 0 Å². The monoisotopic (exact) mass is 372 g/mol.